The van der Waals surface area contributed by atoms with Crippen LogP contribution in [0.3, 0.4) is 0 Å². The van der Waals surface area contributed by atoms with Crippen molar-refractivity contribution >= 4 is 46.0 Å². The van der Waals surface area contributed by atoms with Crippen LogP contribution in [0.15, 0.2) is 64.1 Å². The molecule has 0 saturated heterocycles. The lowest BCUT2D eigenvalue weighted by molar-refractivity contribution is -0.116. The fraction of sp³-hybridized carbons (Fsp3) is 0.333. The molecule has 31 heavy (non-hydrogen) atoms. The van der Waals surface area contributed by atoms with Crippen LogP contribution in [-0.2, 0) is 10.3 Å². The number of fused-ring (bicyclic) bond motifs is 1. The number of nitrogens with one attached hydrogen (secondary N) is 1. The predicted octanol–water partition coefficient (Wildman–Crippen LogP) is 6.37. The Labute approximate surface area is 197 Å². The fourth-order valence-corrected chi connectivity index (χ4v) is 5.89. The minimum absolute atomic E-state index is 0.0450. The molecule has 162 valence electrons. The van der Waals surface area contributed by atoms with E-state index in [9.17, 15) is 4.79 Å². The Bertz CT molecular complexity index is 1060. The molecule has 2 heterocycles. The number of nitrogens with zero attached hydrogens (tertiary/aromatic N) is 2. The summed E-state index contributed by atoms with van der Waals surface area (Å²) in [6.45, 7) is 8.90. The van der Waals surface area contributed by atoms with Crippen LogP contribution in [0, 0.1) is 5.92 Å². The summed E-state index contributed by atoms with van der Waals surface area (Å²) in [5, 5.41) is 5.18. The summed E-state index contributed by atoms with van der Waals surface area (Å²) in [6.07, 6.45) is 0. The van der Waals surface area contributed by atoms with Crippen LogP contribution >= 0.6 is 35.0 Å². The van der Waals surface area contributed by atoms with Gasteiger partial charge in [-0.2, -0.15) is 0 Å². The van der Waals surface area contributed by atoms with E-state index in [0.717, 1.165) is 26.9 Å². The number of likely N-dealkylation sites (N-methyl/N-ethyl adjacent to an activating group) is 1. The van der Waals surface area contributed by atoms with E-state index in [2.05, 4.69) is 31.0 Å². The van der Waals surface area contributed by atoms with Crippen LogP contribution in [0.25, 0.3) is 0 Å². The maximum atomic E-state index is 12.8. The molecular formula is C24H25Cl2N3OS. The highest BCUT2D eigenvalue weighted by molar-refractivity contribution is 8.18. The molecule has 4 rings (SSSR count). The molecule has 2 aliphatic rings. The first-order valence-corrected chi connectivity index (χ1v) is 11.9. The highest BCUT2D eigenvalue weighted by Gasteiger charge is 2.53. The van der Waals surface area contributed by atoms with Crippen molar-refractivity contribution in [3.63, 3.8) is 0 Å². The minimum atomic E-state index is -0.548. The number of aliphatic imine (C=N–C) groups is 1. The highest BCUT2D eigenvalue weighted by Crippen LogP contribution is 2.56. The van der Waals surface area contributed by atoms with Crippen molar-refractivity contribution in [1.82, 2.24) is 10.2 Å². The van der Waals surface area contributed by atoms with Crippen LogP contribution in [0.5, 0.6) is 0 Å². The molecule has 0 spiro atoms. The molecule has 1 amide bonds. The van der Waals surface area contributed by atoms with E-state index < -0.39 is 5.54 Å². The van der Waals surface area contributed by atoms with Gasteiger partial charge in [0.15, 0.2) is 5.17 Å². The summed E-state index contributed by atoms with van der Waals surface area (Å²) in [4.78, 5) is 21.0. The Hall–Kier alpha value is -1.95. The van der Waals surface area contributed by atoms with Crippen molar-refractivity contribution in [2.75, 3.05) is 6.54 Å². The van der Waals surface area contributed by atoms with Crippen molar-refractivity contribution in [2.24, 2.45) is 10.9 Å². The molecule has 7 heteroatoms. The van der Waals surface area contributed by atoms with Gasteiger partial charge in [-0.15, -0.1) is 0 Å². The van der Waals surface area contributed by atoms with Gasteiger partial charge in [-0.3, -0.25) is 4.79 Å². The smallest absolute Gasteiger partial charge is 0.259 e. The van der Waals surface area contributed by atoms with Gasteiger partial charge in [0.05, 0.1) is 10.9 Å². The second-order valence-electron chi connectivity index (χ2n) is 8.20. The zero-order chi connectivity index (χ0) is 22.3. The summed E-state index contributed by atoms with van der Waals surface area (Å²) in [5.41, 5.74) is 2.62. The molecule has 0 saturated carbocycles. The molecule has 0 aliphatic carbocycles. The van der Waals surface area contributed by atoms with Crippen LogP contribution in [0.1, 0.15) is 44.9 Å². The third-order valence-electron chi connectivity index (χ3n) is 5.71. The molecule has 2 aliphatic heterocycles. The van der Waals surface area contributed by atoms with Crippen LogP contribution in [0.2, 0.25) is 10.0 Å². The number of rotatable bonds is 5. The topological polar surface area (TPSA) is 44.7 Å². The van der Waals surface area contributed by atoms with E-state index in [0.29, 0.717) is 16.6 Å². The number of amides is 1. The Morgan fingerprint density at radius 3 is 2.26 bits per heavy atom. The van der Waals surface area contributed by atoms with Gasteiger partial charge in [0.2, 0.25) is 0 Å². The molecule has 0 radical (unpaired) electrons. The Morgan fingerprint density at radius 2 is 1.71 bits per heavy atom. The predicted molar refractivity (Wildman–Crippen MR) is 130 cm³/mol. The molecule has 2 atom stereocenters. The van der Waals surface area contributed by atoms with Crippen molar-refractivity contribution in [1.29, 1.82) is 0 Å². The van der Waals surface area contributed by atoms with E-state index in [1.165, 1.54) is 11.8 Å². The molecule has 2 aromatic carbocycles. The average Bonchev–Trinajstić information content (AvgIpc) is 3.22. The lowest BCUT2D eigenvalue weighted by Gasteiger charge is -2.37. The van der Waals surface area contributed by atoms with Gasteiger partial charge >= 0.3 is 0 Å². The van der Waals surface area contributed by atoms with E-state index in [4.69, 9.17) is 28.2 Å². The molecule has 0 fully saturated rings. The summed E-state index contributed by atoms with van der Waals surface area (Å²) < 4.78 is 0. The number of allylic oxidation sites excluding steroid dienone is 1. The summed E-state index contributed by atoms with van der Waals surface area (Å²) >= 11 is 13.8. The van der Waals surface area contributed by atoms with E-state index in [-0.39, 0.29) is 17.9 Å². The maximum absolute atomic E-state index is 12.8. The number of benzene rings is 2. The number of thioether (sulfide) groups is 1. The Morgan fingerprint density at radius 1 is 1.13 bits per heavy atom. The Kier molecular flexibility index (Phi) is 6.12. The number of hydrogen-bond acceptors (Lipinski definition) is 4. The second-order valence-corrected chi connectivity index (χ2v) is 10.1. The van der Waals surface area contributed by atoms with E-state index >= 15 is 0 Å². The first kappa shape index (κ1) is 22.3. The summed E-state index contributed by atoms with van der Waals surface area (Å²) in [5.74, 6) is 0.108. The first-order chi connectivity index (χ1) is 14.8. The third-order valence-corrected chi connectivity index (χ3v) is 7.29. The van der Waals surface area contributed by atoms with Crippen LogP contribution in [-0.4, -0.2) is 22.5 Å². The first-order valence-electron chi connectivity index (χ1n) is 10.4. The molecule has 4 nitrogen and oxygen atoms in total. The molecule has 0 bridgehead atoms. The SMILES string of the molecule is CCNC(=O)C1=C(C(C)C)N2C(=NC(C)(c3ccc(Cl)cc3)[C@H]2c2ccc(Cl)cc2)S1. The van der Waals surface area contributed by atoms with Gasteiger partial charge in [-0.25, -0.2) is 4.99 Å². The van der Waals surface area contributed by atoms with Gasteiger partial charge in [-0.05, 0) is 66.9 Å². The van der Waals surface area contributed by atoms with Crippen molar-refractivity contribution < 1.29 is 4.79 Å². The van der Waals surface area contributed by atoms with E-state index in [1.807, 2.05) is 55.5 Å². The second kappa shape index (κ2) is 8.53. The highest BCUT2D eigenvalue weighted by atomic mass is 35.5. The molecule has 0 aromatic heterocycles. The number of halogens is 2. The molecule has 2 aromatic rings. The summed E-state index contributed by atoms with van der Waals surface area (Å²) in [7, 11) is 0. The van der Waals surface area contributed by atoms with Gasteiger partial charge in [0.25, 0.3) is 5.91 Å². The molecule has 1 unspecified atom stereocenters. The lowest BCUT2D eigenvalue weighted by Crippen LogP contribution is -2.36. The van der Waals surface area contributed by atoms with Gasteiger partial charge in [0.1, 0.15) is 5.54 Å². The normalized spacial score (nSPS) is 22.7. The van der Waals surface area contributed by atoms with Crippen LogP contribution < -0.4 is 5.32 Å². The van der Waals surface area contributed by atoms with Crippen LogP contribution in [0.4, 0.5) is 0 Å². The summed E-state index contributed by atoms with van der Waals surface area (Å²) in [6, 6.07) is 15.7. The number of hydrogen-bond donors (Lipinski definition) is 1. The fourth-order valence-electron chi connectivity index (χ4n) is 4.31. The number of amidine groups is 1. The minimum Gasteiger partial charge on any atom is -0.352 e. The van der Waals surface area contributed by atoms with E-state index in [1.54, 1.807) is 0 Å². The quantitative estimate of drug-likeness (QED) is 0.548. The standard InChI is InChI=1S/C24H25Cl2N3OS/c1-5-27-22(30)20-19(14(2)3)29-21(15-6-10-17(25)11-7-15)24(4,28-23(29)31-20)16-8-12-18(26)13-9-16/h6-14,21H,5H2,1-4H3,(H,27,30)/t21-,24?/m1/s1. The lowest BCUT2D eigenvalue weighted by atomic mass is 9.81. The number of carbonyl (C=O) groups excluding carboxylic acids is 1. The zero-order valence-electron chi connectivity index (χ0n) is 17.9. The Balaban J connectivity index is 1.89. The van der Waals surface area contributed by atoms with Crippen molar-refractivity contribution in [3.05, 3.63) is 80.3 Å². The third kappa shape index (κ3) is 3.88. The van der Waals surface area contributed by atoms with Gasteiger partial charge in [-0.1, -0.05) is 61.3 Å². The van der Waals surface area contributed by atoms with Gasteiger partial charge < -0.3 is 10.2 Å². The monoisotopic (exact) mass is 473 g/mol. The van der Waals surface area contributed by atoms with Gasteiger partial charge in [0, 0.05) is 22.3 Å². The number of carbonyl (C=O) groups is 1. The average molecular weight is 474 g/mol. The van der Waals surface area contributed by atoms with Crippen molar-refractivity contribution in [3.8, 4) is 0 Å². The largest absolute Gasteiger partial charge is 0.352 e. The molecule has 1 N–H and O–H groups in total. The molecular weight excluding hydrogens is 449 g/mol. The van der Waals surface area contributed by atoms with Crippen molar-refractivity contribution in [2.45, 2.75) is 39.3 Å². The zero-order valence-corrected chi connectivity index (χ0v) is 20.3. The maximum Gasteiger partial charge on any atom is 0.259 e.